The number of hydrogen-bond acceptors (Lipinski definition) is 5. The van der Waals surface area contributed by atoms with Crippen molar-refractivity contribution in [1.82, 2.24) is 19.1 Å². The second kappa shape index (κ2) is 8.97. The normalized spacial score (nSPS) is 16.7. The van der Waals surface area contributed by atoms with Gasteiger partial charge in [-0.25, -0.2) is 8.42 Å². The van der Waals surface area contributed by atoms with Gasteiger partial charge in [0.2, 0.25) is 15.9 Å². The highest BCUT2D eigenvalue weighted by Gasteiger charge is 2.35. The molecule has 2 aromatic carbocycles. The highest BCUT2D eigenvalue weighted by atomic mass is 32.2. The number of amides is 1. The number of pyridine rings is 1. The van der Waals surface area contributed by atoms with Gasteiger partial charge in [0.25, 0.3) is 0 Å². The lowest BCUT2D eigenvalue weighted by Crippen LogP contribution is -2.52. The van der Waals surface area contributed by atoms with Gasteiger partial charge in [-0.3, -0.25) is 14.7 Å². The Morgan fingerprint density at radius 2 is 1.69 bits per heavy atom. The number of carbonyl (C=O) groups excluding carboxylic acids is 1. The van der Waals surface area contributed by atoms with Crippen LogP contribution in [0.2, 0.25) is 0 Å². The fraction of sp³-hybridized carbons (Fsp3) is 0.333. The largest absolute Gasteiger partial charge is 0.347 e. The molecule has 2 heterocycles. The van der Waals surface area contributed by atoms with Crippen LogP contribution in [0.1, 0.15) is 17.2 Å². The lowest BCUT2D eigenvalue weighted by molar-refractivity contribution is -0.135. The Bertz CT molecular complexity index is 1220. The van der Waals surface area contributed by atoms with Crippen LogP contribution in [0.4, 0.5) is 0 Å². The number of fused-ring (bicyclic) bond motifs is 1. The maximum atomic E-state index is 13.5. The number of sulfonamides is 1. The van der Waals surface area contributed by atoms with Gasteiger partial charge in [-0.2, -0.15) is 4.31 Å². The molecule has 0 saturated carbocycles. The van der Waals surface area contributed by atoms with E-state index < -0.39 is 16.1 Å². The molecule has 4 rings (SSSR count). The first-order valence-corrected chi connectivity index (χ1v) is 12.1. The molecule has 168 valence electrons. The van der Waals surface area contributed by atoms with E-state index in [2.05, 4.69) is 9.88 Å². The topological polar surface area (TPSA) is 73.8 Å². The van der Waals surface area contributed by atoms with E-state index in [-0.39, 0.29) is 10.8 Å². The summed E-state index contributed by atoms with van der Waals surface area (Å²) in [6.07, 6.45) is 1.69. The Morgan fingerprint density at radius 3 is 2.34 bits per heavy atom. The highest BCUT2D eigenvalue weighted by Crippen LogP contribution is 2.28. The molecular formula is C24H28N4O3S. The standard InChI is InChI=1S/C24H28N4O3S/c1-18-16-20-10-7-11-21(22(20)25-17-18)32(30,31)28-14-12-27(13-15-28)23(24(29)26(2)3)19-8-5-4-6-9-19/h4-11,16-17,23H,12-15H2,1-3H3. The second-order valence-corrected chi connectivity index (χ2v) is 10.2. The molecule has 32 heavy (non-hydrogen) atoms. The van der Waals surface area contributed by atoms with Crippen molar-refractivity contribution in [3.05, 3.63) is 71.9 Å². The number of piperazine rings is 1. The number of likely N-dealkylation sites (N-methyl/N-ethyl adjacent to an activating group) is 1. The van der Waals surface area contributed by atoms with Crippen LogP contribution in [0.3, 0.4) is 0 Å². The summed E-state index contributed by atoms with van der Waals surface area (Å²) >= 11 is 0. The zero-order valence-electron chi connectivity index (χ0n) is 18.6. The molecule has 1 saturated heterocycles. The fourth-order valence-electron chi connectivity index (χ4n) is 4.18. The summed E-state index contributed by atoms with van der Waals surface area (Å²) in [6.45, 7) is 3.50. The Morgan fingerprint density at radius 1 is 1.00 bits per heavy atom. The van der Waals surface area contributed by atoms with Crippen LogP contribution >= 0.6 is 0 Å². The van der Waals surface area contributed by atoms with Gasteiger partial charge in [0, 0.05) is 51.9 Å². The van der Waals surface area contributed by atoms with Crippen LogP contribution < -0.4 is 0 Å². The van der Waals surface area contributed by atoms with E-state index in [9.17, 15) is 13.2 Å². The predicted octanol–water partition coefficient (Wildman–Crippen LogP) is 2.68. The quantitative estimate of drug-likeness (QED) is 0.595. The van der Waals surface area contributed by atoms with Crippen molar-refractivity contribution in [2.24, 2.45) is 0 Å². The third-order valence-electron chi connectivity index (χ3n) is 5.86. The summed E-state index contributed by atoms with van der Waals surface area (Å²) in [4.78, 5) is 21.2. The van der Waals surface area contributed by atoms with Crippen molar-refractivity contribution in [3.8, 4) is 0 Å². The van der Waals surface area contributed by atoms with Crippen molar-refractivity contribution in [2.75, 3.05) is 40.3 Å². The van der Waals surface area contributed by atoms with Crippen molar-refractivity contribution in [3.63, 3.8) is 0 Å². The van der Waals surface area contributed by atoms with E-state index in [1.54, 1.807) is 37.3 Å². The first-order valence-electron chi connectivity index (χ1n) is 10.6. The number of rotatable bonds is 5. The maximum Gasteiger partial charge on any atom is 0.245 e. The molecule has 0 N–H and O–H groups in total. The van der Waals surface area contributed by atoms with Gasteiger partial charge in [-0.05, 0) is 30.2 Å². The summed E-state index contributed by atoms with van der Waals surface area (Å²) in [5.74, 6) is -0.0128. The molecule has 1 aromatic heterocycles. The van der Waals surface area contributed by atoms with Crippen molar-refractivity contribution < 1.29 is 13.2 Å². The molecule has 1 amide bonds. The van der Waals surface area contributed by atoms with E-state index in [1.165, 1.54) is 4.31 Å². The average Bonchev–Trinajstić information content (AvgIpc) is 2.79. The molecule has 0 radical (unpaired) electrons. The molecule has 1 aliphatic heterocycles. The van der Waals surface area contributed by atoms with E-state index in [1.807, 2.05) is 49.4 Å². The zero-order valence-corrected chi connectivity index (χ0v) is 19.4. The Hall–Kier alpha value is -2.81. The summed E-state index contributed by atoms with van der Waals surface area (Å²) in [7, 11) is -0.214. The molecule has 0 aliphatic carbocycles. The Balaban J connectivity index is 1.58. The monoisotopic (exact) mass is 452 g/mol. The van der Waals surface area contributed by atoms with Gasteiger partial charge in [-0.15, -0.1) is 0 Å². The minimum Gasteiger partial charge on any atom is -0.347 e. The van der Waals surface area contributed by atoms with E-state index in [0.29, 0.717) is 31.7 Å². The lowest BCUT2D eigenvalue weighted by Gasteiger charge is -2.39. The minimum absolute atomic E-state index is 0.0128. The van der Waals surface area contributed by atoms with Gasteiger partial charge in [0.1, 0.15) is 10.9 Å². The summed E-state index contributed by atoms with van der Waals surface area (Å²) in [5, 5.41) is 0.811. The van der Waals surface area contributed by atoms with Crippen molar-refractivity contribution >= 4 is 26.8 Å². The van der Waals surface area contributed by atoms with Crippen LogP contribution in [-0.4, -0.2) is 73.7 Å². The molecule has 1 fully saturated rings. The fourth-order valence-corrected chi connectivity index (χ4v) is 5.77. The first-order chi connectivity index (χ1) is 15.3. The second-order valence-electron chi connectivity index (χ2n) is 8.33. The molecule has 0 spiro atoms. The molecule has 8 heteroatoms. The van der Waals surface area contributed by atoms with Gasteiger partial charge in [0.05, 0.1) is 5.52 Å². The summed E-state index contributed by atoms with van der Waals surface area (Å²) in [6, 6.07) is 16.4. The van der Waals surface area contributed by atoms with Crippen LogP contribution in [0.5, 0.6) is 0 Å². The minimum atomic E-state index is -3.70. The third-order valence-corrected chi connectivity index (χ3v) is 7.79. The average molecular weight is 453 g/mol. The number of para-hydroxylation sites is 1. The third kappa shape index (κ3) is 4.26. The van der Waals surface area contributed by atoms with Crippen LogP contribution in [0.25, 0.3) is 10.9 Å². The van der Waals surface area contributed by atoms with Gasteiger partial charge in [0.15, 0.2) is 0 Å². The molecule has 1 atom stereocenters. The van der Waals surface area contributed by atoms with Gasteiger partial charge in [-0.1, -0.05) is 42.5 Å². The maximum absolute atomic E-state index is 13.5. The number of benzene rings is 2. The van der Waals surface area contributed by atoms with Gasteiger partial charge >= 0.3 is 0 Å². The van der Waals surface area contributed by atoms with E-state index >= 15 is 0 Å². The SMILES string of the molecule is Cc1cnc2c(S(=O)(=O)N3CCN(C(C(=O)N(C)C)c4ccccc4)CC3)cccc2c1. The van der Waals surface area contributed by atoms with Crippen LogP contribution in [0.15, 0.2) is 65.7 Å². The summed E-state index contributed by atoms with van der Waals surface area (Å²) in [5.41, 5.74) is 2.39. The van der Waals surface area contributed by atoms with Crippen LogP contribution in [-0.2, 0) is 14.8 Å². The highest BCUT2D eigenvalue weighted by molar-refractivity contribution is 7.89. The van der Waals surface area contributed by atoms with Crippen molar-refractivity contribution in [1.29, 1.82) is 0 Å². The van der Waals surface area contributed by atoms with E-state index in [4.69, 9.17) is 0 Å². The number of aryl methyl sites for hydroxylation is 1. The molecule has 1 unspecified atom stereocenters. The van der Waals surface area contributed by atoms with Gasteiger partial charge < -0.3 is 4.90 Å². The zero-order chi connectivity index (χ0) is 22.9. The molecule has 3 aromatic rings. The van der Waals surface area contributed by atoms with Crippen molar-refractivity contribution in [2.45, 2.75) is 17.9 Å². The number of aromatic nitrogens is 1. The van der Waals surface area contributed by atoms with Crippen LogP contribution in [0, 0.1) is 6.92 Å². The Kier molecular flexibility index (Phi) is 6.28. The number of hydrogen-bond donors (Lipinski definition) is 0. The molecule has 1 aliphatic rings. The molecule has 0 bridgehead atoms. The predicted molar refractivity (Wildman–Crippen MR) is 125 cm³/mol. The molecule has 7 nitrogen and oxygen atoms in total. The number of nitrogens with zero attached hydrogens (tertiary/aromatic N) is 4. The Labute approximate surface area is 189 Å². The first kappa shape index (κ1) is 22.4. The van der Waals surface area contributed by atoms with E-state index in [0.717, 1.165) is 16.5 Å². The molecular weight excluding hydrogens is 424 g/mol. The lowest BCUT2D eigenvalue weighted by atomic mass is 10.0. The smallest absolute Gasteiger partial charge is 0.245 e. The number of carbonyl (C=O) groups is 1. The summed E-state index contributed by atoms with van der Waals surface area (Å²) < 4.78 is 28.4.